The molecule has 1 unspecified atom stereocenters. The van der Waals surface area contributed by atoms with Crippen molar-refractivity contribution in [3.05, 3.63) is 65.2 Å². The smallest absolute Gasteiger partial charge is 0.414 e. The molecule has 3 N–H and O–H groups in total. The minimum atomic E-state index is -1.82. The predicted molar refractivity (Wildman–Crippen MR) is 99.5 cm³/mol. The molecule has 0 spiro atoms. The zero-order chi connectivity index (χ0) is 19.5. The molecule has 0 aromatic heterocycles. The molecule has 140 valence electrons. The number of ether oxygens (including phenoxy) is 1. The molecular formula is C20H25NO5. The maximum atomic E-state index is 9.10. The summed E-state index contributed by atoms with van der Waals surface area (Å²) in [4.78, 5) is 18.2. The topological polar surface area (TPSA) is 95.9 Å². The molecule has 0 aliphatic rings. The van der Waals surface area contributed by atoms with E-state index in [4.69, 9.17) is 24.5 Å². The van der Waals surface area contributed by atoms with Gasteiger partial charge in [0.05, 0.1) is 0 Å². The quantitative estimate of drug-likeness (QED) is 0.541. The number of rotatable bonds is 6. The summed E-state index contributed by atoms with van der Waals surface area (Å²) in [5, 5.41) is 18.3. The van der Waals surface area contributed by atoms with Crippen LogP contribution in [0.25, 0.3) is 0 Å². The fourth-order valence-electron chi connectivity index (χ4n) is 2.26. The number of hydrogen-bond donors (Lipinski definition) is 3. The molecule has 1 atom stereocenters. The van der Waals surface area contributed by atoms with Crippen LogP contribution < -0.4 is 10.1 Å². The average molecular weight is 359 g/mol. The van der Waals surface area contributed by atoms with Gasteiger partial charge in [0.2, 0.25) is 0 Å². The van der Waals surface area contributed by atoms with E-state index in [1.165, 1.54) is 16.7 Å². The highest BCUT2D eigenvalue weighted by Gasteiger charge is 2.04. The molecule has 0 aliphatic carbocycles. The van der Waals surface area contributed by atoms with Gasteiger partial charge in [-0.05, 0) is 38.0 Å². The van der Waals surface area contributed by atoms with Crippen LogP contribution in [0.3, 0.4) is 0 Å². The van der Waals surface area contributed by atoms with Gasteiger partial charge in [0.15, 0.2) is 0 Å². The fraction of sp³-hybridized carbons (Fsp3) is 0.300. The van der Waals surface area contributed by atoms with Gasteiger partial charge in [-0.1, -0.05) is 48.0 Å². The molecule has 0 fully saturated rings. The molecule has 0 aliphatic heterocycles. The third kappa shape index (κ3) is 7.81. The largest absolute Gasteiger partial charge is 0.492 e. The molecular weight excluding hydrogens is 334 g/mol. The van der Waals surface area contributed by atoms with Crippen molar-refractivity contribution in [1.82, 2.24) is 5.32 Å². The van der Waals surface area contributed by atoms with Crippen molar-refractivity contribution in [3.63, 3.8) is 0 Å². The highest BCUT2D eigenvalue weighted by molar-refractivity contribution is 6.27. The summed E-state index contributed by atoms with van der Waals surface area (Å²) >= 11 is 0. The standard InChI is InChI=1S/C18H23NO.C2H2O4/c1-14-9-10-18(15(2)13-14)20-12-11-19-16(3)17-7-5-4-6-8-17;3-1(4)2(5)6/h4-10,13,16,19H,11-12H2,1-3H3;(H,3,4)(H,5,6). The highest BCUT2D eigenvalue weighted by Crippen LogP contribution is 2.18. The van der Waals surface area contributed by atoms with Crippen LogP contribution in [0.15, 0.2) is 48.5 Å². The maximum absolute atomic E-state index is 9.10. The first kappa shape index (κ1) is 21.2. The molecule has 0 amide bonds. The van der Waals surface area contributed by atoms with Crippen molar-refractivity contribution >= 4 is 11.9 Å². The Morgan fingerprint density at radius 3 is 2.19 bits per heavy atom. The second kappa shape index (κ2) is 10.9. The lowest BCUT2D eigenvalue weighted by molar-refractivity contribution is -0.159. The molecule has 2 aromatic rings. The van der Waals surface area contributed by atoms with Crippen LogP contribution in [-0.4, -0.2) is 35.3 Å². The van der Waals surface area contributed by atoms with E-state index in [0.29, 0.717) is 12.6 Å². The van der Waals surface area contributed by atoms with E-state index < -0.39 is 11.9 Å². The molecule has 0 saturated heterocycles. The minimum absolute atomic E-state index is 0.346. The summed E-state index contributed by atoms with van der Waals surface area (Å²) in [6, 6.07) is 17.1. The van der Waals surface area contributed by atoms with Gasteiger partial charge in [-0.2, -0.15) is 0 Å². The first-order valence-corrected chi connectivity index (χ1v) is 8.26. The number of aryl methyl sites for hydroxylation is 2. The van der Waals surface area contributed by atoms with Gasteiger partial charge in [-0.25, -0.2) is 9.59 Å². The number of aliphatic carboxylic acids is 2. The molecule has 6 heteroatoms. The lowest BCUT2D eigenvalue weighted by Crippen LogP contribution is -2.24. The molecule has 0 heterocycles. The summed E-state index contributed by atoms with van der Waals surface area (Å²) < 4.78 is 5.82. The van der Waals surface area contributed by atoms with Gasteiger partial charge in [-0.15, -0.1) is 0 Å². The Morgan fingerprint density at radius 1 is 1.04 bits per heavy atom. The molecule has 6 nitrogen and oxygen atoms in total. The molecule has 26 heavy (non-hydrogen) atoms. The van der Waals surface area contributed by atoms with Gasteiger partial charge in [-0.3, -0.25) is 0 Å². The van der Waals surface area contributed by atoms with Crippen LogP contribution in [0.1, 0.15) is 29.7 Å². The lowest BCUT2D eigenvalue weighted by Gasteiger charge is -2.15. The van der Waals surface area contributed by atoms with Gasteiger partial charge >= 0.3 is 11.9 Å². The van der Waals surface area contributed by atoms with Crippen molar-refractivity contribution in [1.29, 1.82) is 0 Å². The normalized spacial score (nSPS) is 11.0. The summed E-state index contributed by atoms with van der Waals surface area (Å²) in [5.74, 6) is -2.67. The van der Waals surface area contributed by atoms with Crippen molar-refractivity contribution in [2.24, 2.45) is 0 Å². The van der Waals surface area contributed by atoms with E-state index in [1.807, 2.05) is 12.1 Å². The summed E-state index contributed by atoms with van der Waals surface area (Å²) in [6.45, 7) is 7.87. The van der Waals surface area contributed by atoms with Crippen LogP contribution in [-0.2, 0) is 9.59 Å². The second-order valence-electron chi connectivity index (χ2n) is 5.81. The fourth-order valence-corrected chi connectivity index (χ4v) is 2.26. The van der Waals surface area contributed by atoms with E-state index in [0.717, 1.165) is 12.3 Å². The van der Waals surface area contributed by atoms with E-state index in [2.05, 4.69) is 62.5 Å². The zero-order valence-corrected chi connectivity index (χ0v) is 15.2. The molecule has 2 aromatic carbocycles. The highest BCUT2D eigenvalue weighted by atomic mass is 16.5. The SMILES string of the molecule is Cc1ccc(OCCNC(C)c2ccccc2)c(C)c1.O=C(O)C(=O)O. The maximum Gasteiger partial charge on any atom is 0.414 e. The minimum Gasteiger partial charge on any atom is -0.492 e. The average Bonchev–Trinajstić information content (AvgIpc) is 2.61. The van der Waals surface area contributed by atoms with Crippen LogP contribution in [0, 0.1) is 13.8 Å². The molecule has 0 saturated carbocycles. The number of benzene rings is 2. The Labute approximate surface area is 153 Å². The van der Waals surface area contributed by atoms with Crippen molar-refractivity contribution in [2.75, 3.05) is 13.2 Å². The molecule has 2 rings (SSSR count). The van der Waals surface area contributed by atoms with Gasteiger partial charge < -0.3 is 20.3 Å². The number of carboxylic acid groups (broad SMARTS) is 2. The number of carbonyl (C=O) groups is 2. The first-order chi connectivity index (χ1) is 12.3. The van der Waals surface area contributed by atoms with Crippen molar-refractivity contribution in [2.45, 2.75) is 26.8 Å². The van der Waals surface area contributed by atoms with Crippen molar-refractivity contribution in [3.8, 4) is 5.75 Å². The number of carboxylic acids is 2. The number of nitrogens with one attached hydrogen (secondary N) is 1. The number of hydrogen-bond acceptors (Lipinski definition) is 4. The summed E-state index contributed by atoms with van der Waals surface area (Å²) in [5.41, 5.74) is 3.77. The van der Waals surface area contributed by atoms with Crippen LogP contribution >= 0.6 is 0 Å². The Kier molecular flexibility index (Phi) is 8.87. The van der Waals surface area contributed by atoms with E-state index >= 15 is 0 Å². The third-order valence-electron chi connectivity index (χ3n) is 3.62. The third-order valence-corrected chi connectivity index (χ3v) is 3.62. The summed E-state index contributed by atoms with van der Waals surface area (Å²) in [6.07, 6.45) is 0. The van der Waals surface area contributed by atoms with Crippen LogP contribution in [0.4, 0.5) is 0 Å². The Balaban J connectivity index is 0.000000487. The first-order valence-electron chi connectivity index (χ1n) is 8.26. The Hall–Kier alpha value is -2.86. The van der Waals surface area contributed by atoms with Gasteiger partial charge in [0.1, 0.15) is 12.4 Å². The van der Waals surface area contributed by atoms with Gasteiger partial charge in [0, 0.05) is 12.6 Å². The van der Waals surface area contributed by atoms with E-state index in [-0.39, 0.29) is 0 Å². The molecule has 0 bridgehead atoms. The Morgan fingerprint density at radius 2 is 1.65 bits per heavy atom. The summed E-state index contributed by atoms with van der Waals surface area (Å²) in [7, 11) is 0. The van der Waals surface area contributed by atoms with E-state index in [1.54, 1.807) is 0 Å². The second-order valence-corrected chi connectivity index (χ2v) is 5.81. The van der Waals surface area contributed by atoms with Crippen LogP contribution in [0.2, 0.25) is 0 Å². The van der Waals surface area contributed by atoms with Crippen LogP contribution in [0.5, 0.6) is 5.75 Å². The molecule has 0 radical (unpaired) electrons. The zero-order valence-electron chi connectivity index (χ0n) is 15.2. The monoisotopic (exact) mass is 359 g/mol. The van der Waals surface area contributed by atoms with Gasteiger partial charge in [0.25, 0.3) is 0 Å². The Bertz CT molecular complexity index is 703. The van der Waals surface area contributed by atoms with E-state index in [9.17, 15) is 0 Å². The lowest BCUT2D eigenvalue weighted by atomic mass is 10.1. The van der Waals surface area contributed by atoms with Crippen molar-refractivity contribution < 1.29 is 24.5 Å². The predicted octanol–water partition coefficient (Wildman–Crippen LogP) is 3.19.